The van der Waals surface area contributed by atoms with Gasteiger partial charge in [-0.2, -0.15) is 0 Å². The van der Waals surface area contributed by atoms with Gasteiger partial charge in [-0.15, -0.1) is 0 Å². The Balaban J connectivity index is 2.23. The van der Waals surface area contributed by atoms with Crippen LogP contribution in [0, 0.1) is 5.82 Å². The first-order valence-corrected chi connectivity index (χ1v) is 7.22. The molecule has 2 N–H and O–H groups in total. The highest BCUT2D eigenvalue weighted by atomic mass is 19.1. The highest BCUT2D eigenvalue weighted by Gasteiger charge is 2.13. The van der Waals surface area contributed by atoms with Gasteiger partial charge in [0, 0.05) is 38.2 Å². The molecule has 1 atom stereocenters. The Morgan fingerprint density at radius 2 is 2.19 bits per heavy atom. The summed E-state index contributed by atoms with van der Waals surface area (Å²) >= 11 is 0. The van der Waals surface area contributed by atoms with Crippen LogP contribution in [0.25, 0.3) is 0 Å². The molecule has 2 aromatic rings. The van der Waals surface area contributed by atoms with Crippen molar-refractivity contribution in [3.8, 4) is 0 Å². The van der Waals surface area contributed by atoms with Crippen LogP contribution in [-0.2, 0) is 20.0 Å². The molecule has 1 heterocycles. The molecule has 0 aliphatic rings. The minimum Gasteiger partial charge on any atom is -0.367 e. The molecule has 4 nitrogen and oxygen atoms in total. The Labute approximate surface area is 125 Å². The molecule has 0 spiro atoms. The maximum absolute atomic E-state index is 13.5. The van der Waals surface area contributed by atoms with Crippen LogP contribution in [0.2, 0.25) is 0 Å². The molecule has 0 bridgehead atoms. The van der Waals surface area contributed by atoms with E-state index < -0.39 is 0 Å². The fourth-order valence-corrected chi connectivity index (χ4v) is 2.36. The molecular formula is C16H23FN4. The van der Waals surface area contributed by atoms with Gasteiger partial charge in [0.05, 0.1) is 6.54 Å². The molecule has 1 aromatic heterocycles. The van der Waals surface area contributed by atoms with Crippen LogP contribution >= 0.6 is 0 Å². The Morgan fingerprint density at radius 3 is 2.81 bits per heavy atom. The van der Waals surface area contributed by atoms with Gasteiger partial charge in [0.1, 0.15) is 11.6 Å². The van der Waals surface area contributed by atoms with Crippen LogP contribution in [0.1, 0.15) is 24.7 Å². The zero-order chi connectivity index (χ0) is 15.4. The number of aryl methyl sites for hydroxylation is 1. The standard InChI is InChI=1S/C16H23FN4/c1-4-14(18)10-12-9-13(17)5-6-15(12)21(3)11-16-19-7-8-20(16)2/h5-9,14H,4,10-11,18H2,1-3H3. The summed E-state index contributed by atoms with van der Waals surface area (Å²) in [5, 5.41) is 0. The van der Waals surface area contributed by atoms with E-state index in [1.54, 1.807) is 12.3 Å². The Hall–Kier alpha value is -1.88. The van der Waals surface area contributed by atoms with Gasteiger partial charge in [0.15, 0.2) is 0 Å². The van der Waals surface area contributed by atoms with Gasteiger partial charge in [-0.25, -0.2) is 9.37 Å². The number of rotatable bonds is 6. The molecule has 1 aromatic carbocycles. The molecule has 0 fully saturated rings. The molecule has 0 amide bonds. The topological polar surface area (TPSA) is 47.1 Å². The molecule has 2 rings (SSSR count). The van der Waals surface area contributed by atoms with E-state index in [-0.39, 0.29) is 11.9 Å². The summed E-state index contributed by atoms with van der Waals surface area (Å²) in [5.74, 6) is 0.745. The SMILES string of the molecule is CCC(N)Cc1cc(F)ccc1N(C)Cc1nccn1C. The third-order valence-corrected chi connectivity index (χ3v) is 3.76. The highest BCUT2D eigenvalue weighted by molar-refractivity contribution is 5.53. The molecule has 1 unspecified atom stereocenters. The predicted octanol–water partition coefficient (Wildman–Crippen LogP) is 2.48. The molecule has 0 saturated carbocycles. The number of anilines is 1. The number of imidazole rings is 1. The number of nitrogens with zero attached hydrogens (tertiary/aromatic N) is 3. The van der Waals surface area contributed by atoms with Crippen LogP contribution in [-0.4, -0.2) is 22.6 Å². The first-order valence-electron chi connectivity index (χ1n) is 7.22. The van der Waals surface area contributed by atoms with Crippen molar-refractivity contribution in [2.24, 2.45) is 12.8 Å². The van der Waals surface area contributed by atoms with Crippen LogP contribution in [0.4, 0.5) is 10.1 Å². The van der Waals surface area contributed by atoms with Gasteiger partial charge in [0.25, 0.3) is 0 Å². The maximum Gasteiger partial charge on any atom is 0.127 e. The van der Waals surface area contributed by atoms with E-state index in [0.717, 1.165) is 23.5 Å². The van der Waals surface area contributed by atoms with Gasteiger partial charge in [-0.05, 0) is 36.6 Å². The number of hydrogen-bond donors (Lipinski definition) is 1. The number of benzene rings is 1. The zero-order valence-electron chi connectivity index (χ0n) is 12.9. The van der Waals surface area contributed by atoms with E-state index in [0.29, 0.717) is 13.0 Å². The summed E-state index contributed by atoms with van der Waals surface area (Å²) in [5.41, 5.74) is 7.98. The van der Waals surface area contributed by atoms with Crippen LogP contribution in [0.5, 0.6) is 0 Å². The first kappa shape index (κ1) is 15.5. The fourth-order valence-electron chi connectivity index (χ4n) is 2.36. The van der Waals surface area contributed by atoms with Crippen molar-refractivity contribution in [3.05, 3.63) is 47.8 Å². The van der Waals surface area contributed by atoms with Crippen molar-refractivity contribution in [1.29, 1.82) is 0 Å². The normalized spacial score (nSPS) is 12.4. The van der Waals surface area contributed by atoms with Gasteiger partial charge in [-0.3, -0.25) is 0 Å². The highest BCUT2D eigenvalue weighted by Crippen LogP contribution is 2.23. The number of halogens is 1. The average Bonchev–Trinajstić information content (AvgIpc) is 2.84. The van der Waals surface area contributed by atoms with Gasteiger partial charge in [-0.1, -0.05) is 6.92 Å². The Kier molecular flexibility index (Phi) is 4.96. The molecule has 0 radical (unpaired) electrons. The monoisotopic (exact) mass is 290 g/mol. The van der Waals surface area contributed by atoms with Crippen molar-refractivity contribution in [3.63, 3.8) is 0 Å². The van der Waals surface area contributed by atoms with E-state index in [4.69, 9.17) is 5.73 Å². The quantitative estimate of drug-likeness (QED) is 0.889. The van der Waals surface area contributed by atoms with Crippen LogP contribution in [0.15, 0.2) is 30.6 Å². The summed E-state index contributed by atoms with van der Waals surface area (Å²) in [7, 11) is 3.96. The van der Waals surface area contributed by atoms with E-state index in [9.17, 15) is 4.39 Å². The maximum atomic E-state index is 13.5. The van der Waals surface area contributed by atoms with Gasteiger partial charge >= 0.3 is 0 Å². The summed E-state index contributed by atoms with van der Waals surface area (Å²) in [6.07, 6.45) is 5.25. The molecular weight excluding hydrogens is 267 g/mol. The lowest BCUT2D eigenvalue weighted by molar-refractivity contribution is 0.613. The summed E-state index contributed by atoms with van der Waals surface area (Å²) in [4.78, 5) is 6.41. The predicted molar refractivity (Wildman–Crippen MR) is 83.7 cm³/mol. The molecule has 5 heteroatoms. The van der Waals surface area contributed by atoms with Crippen molar-refractivity contribution < 1.29 is 4.39 Å². The molecule has 114 valence electrons. The molecule has 0 aliphatic carbocycles. The zero-order valence-corrected chi connectivity index (χ0v) is 12.9. The van der Waals surface area contributed by atoms with Crippen LogP contribution in [0.3, 0.4) is 0 Å². The summed E-state index contributed by atoms with van der Waals surface area (Å²) < 4.78 is 15.5. The second-order valence-electron chi connectivity index (χ2n) is 5.46. The summed E-state index contributed by atoms with van der Waals surface area (Å²) in [6.45, 7) is 2.71. The number of aromatic nitrogens is 2. The Morgan fingerprint density at radius 1 is 1.43 bits per heavy atom. The molecule has 0 aliphatic heterocycles. The lowest BCUT2D eigenvalue weighted by Crippen LogP contribution is -2.25. The van der Waals surface area contributed by atoms with Crippen molar-refractivity contribution in [2.75, 3.05) is 11.9 Å². The third-order valence-electron chi connectivity index (χ3n) is 3.76. The van der Waals surface area contributed by atoms with E-state index >= 15 is 0 Å². The van der Waals surface area contributed by atoms with E-state index in [1.807, 2.05) is 37.8 Å². The Bertz CT molecular complexity index is 594. The lowest BCUT2D eigenvalue weighted by Gasteiger charge is -2.23. The van der Waals surface area contributed by atoms with E-state index in [2.05, 4.69) is 9.88 Å². The molecule has 0 saturated heterocycles. The van der Waals surface area contributed by atoms with E-state index in [1.165, 1.54) is 6.07 Å². The number of nitrogens with two attached hydrogens (primary N) is 1. The van der Waals surface area contributed by atoms with Crippen molar-refractivity contribution in [1.82, 2.24) is 9.55 Å². The smallest absolute Gasteiger partial charge is 0.127 e. The minimum absolute atomic E-state index is 0.0483. The minimum atomic E-state index is -0.220. The second kappa shape index (κ2) is 6.72. The molecule has 21 heavy (non-hydrogen) atoms. The second-order valence-corrected chi connectivity index (χ2v) is 5.46. The van der Waals surface area contributed by atoms with Crippen LogP contribution < -0.4 is 10.6 Å². The van der Waals surface area contributed by atoms with Gasteiger partial charge in [0.2, 0.25) is 0 Å². The summed E-state index contributed by atoms with van der Waals surface area (Å²) in [6, 6.07) is 4.94. The van der Waals surface area contributed by atoms with Crippen molar-refractivity contribution in [2.45, 2.75) is 32.4 Å². The number of hydrogen-bond acceptors (Lipinski definition) is 3. The largest absolute Gasteiger partial charge is 0.367 e. The third kappa shape index (κ3) is 3.82. The van der Waals surface area contributed by atoms with Gasteiger partial charge < -0.3 is 15.2 Å². The fraction of sp³-hybridized carbons (Fsp3) is 0.438. The lowest BCUT2D eigenvalue weighted by atomic mass is 10.0. The first-order chi connectivity index (χ1) is 10.0. The average molecular weight is 290 g/mol. The van der Waals surface area contributed by atoms with Crippen molar-refractivity contribution >= 4 is 5.69 Å².